The van der Waals surface area contributed by atoms with Crippen LogP contribution in [0, 0.1) is 6.92 Å². The smallest absolute Gasteiger partial charge is 0.229 e. The van der Waals surface area contributed by atoms with Gasteiger partial charge >= 0.3 is 0 Å². The van der Waals surface area contributed by atoms with Crippen LogP contribution in [0.5, 0.6) is 0 Å². The van der Waals surface area contributed by atoms with Crippen molar-refractivity contribution in [2.45, 2.75) is 64.3 Å². The Bertz CT molecular complexity index is 905. The van der Waals surface area contributed by atoms with E-state index in [2.05, 4.69) is 10.1 Å². The summed E-state index contributed by atoms with van der Waals surface area (Å²) in [6.07, 6.45) is 5.04. The summed E-state index contributed by atoms with van der Waals surface area (Å²) in [6.45, 7) is 5.52. The number of piperidine rings is 1. The number of amides is 2. The molecule has 0 bridgehead atoms. The molecule has 2 aliphatic rings. The molecule has 0 radical (unpaired) electrons. The van der Waals surface area contributed by atoms with Gasteiger partial charge in [-0.2, -0.15) is 4.98 Å². The Balaban J connectivity index is 1.36. The van der Waals surface area contributed by atoms with Crippen molar-refractivity contribution in [2.24, 2.45) is 0 Å². The largest absolute Gasteiger partial charge is 0.340 e. The molecular formula is C23H30N4O3. The third kappa shape index (κ3) is 4.89. The molecule has 1 unspecified atom stereocenters. The van der Waals surface area contributed by atoms with Gasteiger partial charge in [-0.1, -0.05) is 29.4 Å². The predicted molar refractivity (Wildman–Crippen MR) is 112 cm³/mol. The number of hydrogen-bond donors (Lipinski definition) is 0. The van der Waals surface area contributed by atoms with E-state index < -0.39 is 0 Å². The second kappa shape index (κ2) is 8.98. The highest BCUT2D eigenvalue weighted by Crippen LogP contribution is 2.38. The number of carbonyl (C=O) groups excluding carboxylic acids is 2. The molecule has 7 heteroatoms. The molecule has 160 valence electrons. The van der Waals surface area contributed by atoms with E-state index in [1.165, 1.54) is 0 Å². The number of rotatable bonds is 7. The molecule has 1 atom stereocenters. The zero-order chi connectivity index (χ0) is 21.1. The van der Waals surface area contributed by atoms with E-state index >= 15 is 0 Å². The Morgan fingerprint density at radius 2 is 2.03 bits per heavy atom. The predicted octanol–water partition coefficient (Wildman–Crippen LogP) is 2.88. The normalized spacial score (nSPS) is 19.0. The molecule has 1 aliphatic carbocycles. The monoisotopic (exact) mass is 410 g/mol. The van der Waals surface area contributed by atoms with Crippen LogP contribution in [0.2, 0.25) is 0 Å². The van der Waals surface area contributed by atoms with Crippen molar-refractivity contribution in [3.05, 3.63) is 47.1 Å². The van der Waals surface area contributed by atoms with E-state index in [4.69, 9.17) is 4.52 Å². The van der Waals surface area contributed by atoms with Crippen molar-refractivity contribution in [1.82, 2.24) is 19.9 Å². The summed E-state index contributed by atoms with van der Waals surface area (Å²) >= 11 is 0. The van der Waals surface area contributed by atoms with E-state index in [0.29, 0.717) is 37.7 Å². The van der Waals surface area contributed by atoms with Gasteiger partial charge < -0.3 is 14.3 Å². The zero-order valence-electron chi connectivity index (χ0n) is 17.8. The third-order valence-electron chi connectivity index (χ3n) is 6.18. The van der Waals surface area contributed by atoms with Crippen molar-refractivity contribution in [3.8, 4) is 0 Å². The van der Waals surface area contributed by atoms with E-state index in [9.17, 15) is 9.59 Å². The first-order valence-corrected chi connectivity index (χ1v) is 10.9. The molecular weight excluding hydrogens is 380 g/mol. The van der Waals surface area contributed by atoms with Crippen LogP contribution >= 0.6 is 0 Å². The number of aromatic nitrogens is 2. The number of carbonyl (C=O) groups is 2. The Kier molecular flexibility index (Phi) is 6.16. The molecule has 2 aromatic rings. The number of hydrogen-bond acceptors (Lipinski definition) is 5. The minimum atomic E-state index is 0.0270. The maximum Gasteiger partial charge on any atom is 0.229 e. The Hall–Kier alpha value is -2.70. The summed E-state index contributed by atoms with van der Waals surface area (Å²) in [4.78, 5) is 33.5. The van der Waals surface area contributed by atoms with E-state index in [-0.39, 0.29) is 17.9 Å². The van der Waals surface area contributed by atoms with Crippen molar-refractivity contribution in [1.29, 1.82) is 0 Å². The van der Waals surface area contributed by atoms with Crippen LogP contribution in [0.4, 0.5) is 0 Å². The molecule has 4 rings (SSSR count). The topological polar surface area (TPSA) is 79.5 Å². The van der Waals surface area contributed by atoms with Crippen molar-refractivity contribution >= 4 is 11.8 Å². The van der Waals surface area contributed by atoms with Gasteiger partial charge in [-0.05, 0) is 43.7 Å². The van der Waals surface area contributed by atoms with Crippen molar-refractivity contribution in [3.63, 3.8) is 0 Å². The van der Waals surface area contributed by atoms with Gasteiger partial charge in [-0.3, -0.25) is 9.59 Å². The van der Waals surface area contributed by atoms with Crippen molar-refractivity contribution < 1.29 is 14.1 Å². The van der Waals surface area contributed by atoms with Gasteiger partial charge in [0.05, 0.1) is 6.42 Å². The Morgan fingerprint density at radius 3 is 2.77 bits per heavy atom. The summed E-state index contributed by atoms with van der Waals surface area (Å²) < 4.78 is 5.32. The van der Waals surface area contributed by atoms with Gasteiger partial charge in [-0.15, -0.1) is 0 Å². The summed E-state index contributed by atoms with van der Waals surface area (Å²) in [5, 5.41) is 4.06. The highest BCUT2D eigenvalue weighted by molar-refractivity contribution is 5.79. The first-order chi connectivity index (χ1) is 14.5. The lowest BCUT2D eigenvalue weighted by Gasteiger charge is -2.39. The highest BCUT2D eigenvalue weighted by atomic mass is 16.5. The second-order valence-electron chi connectivity index (χ2n) is 8.52. The van der Waals surface area contributed by atoms with E-state index in [1.807, 2.05) is 41.0 Å². The molecule has 0 N–H and O–H groups in total. The van der Waals surface area contributed by atoms with Gasteiger partial charge in [0.25, 0.3) is 0 Å². The SMILES string of the molecule is CC(=O)N(CCc1noc(C2CC2)n1)C1CCCN(C(=O)Cc2ccccc2C)C1. The van der Waals surface area contributed by atoms with Crippen LogP contribution in [0.3, 0.4) is 0 Å². The van der Waals surface area contributed by atoms with Gasteiger partial charge in [-0.25, -0.2) is 0 Å². The number of nitrogens with zero attached hydrogens (tertiary/aromatic N) is 4. The Morgan fingerprint density at radius 1 is 1.23 bits per heavy atom. The summed E-state index contributed by atoms with van der Waals surface area (Å²) in [6, 6.07) is 8.04. The van der Waals surface area contributed by atoms with Crippen LogP contribution in [0.15, 0.2) is 28.8 Å². The van der Waals surface area contributed by atoms with E-state index in [1.54, 1.807) is 6.92 Å². The van der Waals surface area contributed by atoms with Crippen molar-refractivity contribution in [2.75, 3.05) is 19.6 Å². The van der Waals surface area contributed by atoms with Gasteiger partial charge in [0.1, 0.15) is 0 Å². The van der Waals surface area contributed by atoms with Crippen LogP contribution in [-0.2, 0) is 22.4 Å². The third-order valence-corrected chi connectivity index (χ3v) is 6.18. The Labute approximate surface area is 177 Å². The van der Waals surface area contributed by atoms with Gasteiger partial charge in [0, 0.05) is 44.9 Å². The maximum absolute atomic E-state index is 12.9. The molecule has 2 amide bonds. The second-order valence-corrected chi connectivity index (χ2v) is 8.52. The first-order valence-electron chi connectivity index (χ1n) is 10.9. The molecule has 1 aromatic carbocycles. The fourth-order valence-electron chi connectivity index (χ4n) is 4.20. The molecule has 1 saturated carbocycles. The molecule has 1 aromatic heterocycles. The zero-order valence-corrected chi connectivity index (χ0v) is 17.8. The van der Waals surface area contributed by atoms with Gasteiger partial charge in [0.15, 0.2) is 5.82 Å². The van der Waals surface area contributed by atoms with Crippen LogP contribution in [0.25, 0.3) is 0 Å². The fraction of sp³-hybridized carbons (Fsp3) is 0.565. The number of likely N-dealkylation sites (tertiary alicyclic amines) is 1. The first kappa shape index (κ1) is 20.6. The quantitative estimate of drug-likeness (QED) is 0.701. The molecule has 1 aliphatic heterocycles. The maximum atomic E-state index is 12.9. The molecule has 7 nitrogen and oxygen atoms in total. The van der Waals surface area contributed by atoms with Crippen LogP contribution in [-0.4, -0.2) is 57.4 Å². The molecule has 1 saturated heterocycles. The molecule has 0 spiro atoms. The van der Waals surface area contributed by atoms with E-state index in [0.717, 1.165) is 49.2 Å². The number of aryl methyl sites for hydroxylation is 1. The van der Waals surface area contributed by atoms with Crippen LogP contribution < -0.4 is 0 Å². The fourth-order valence-corrected chi connectivity index (χ4v) is 4.20. The molecule has 30 heavy (non-hydrogen) atoms. The average Bonchev–Trinajstić information content (AvgIpc) is 3.48. The molecule has 2 fully saturated rings. The lowest BCUT2D eigenvalue weighted by Crippen LogP contribution is -2.52. The summed E-state index contributed by atoms with van der Waals surface area (Å²) in [5.74, 6) is 1.97. The summed E-state index contributed by atoms with van der Waals surface area (Å²) in [5.41, 5.74) is 2.20. The number of benzene rings is 1. The van der Waals surface area contributed by atoms with Crippen LogP contribution in [0.1, 0.15) is 61.4 Å². The standard InChI is InChI=1S/C23H30N4O3/c1-16-6-3-4-7-19(16)14-22(29)26-12-5-8-20(15-26)27(17(2)28)13-11-21-24-23(30-25-21)18-9-10-18/h3-4,6-7,18,20H,5,8-15H2,1-2H3. The minimum absolute atomic E-state index is 0.0270. The average molecular weight is 411 g/mol. The lowest BCUT2D eigenvalue weighted by atomic mass is 10.0. The molecule has 2 heterocycles. The highest BCUT2D eigenvalue weighted by Gasteiger charge is 2.31. The minimum Gasteiger partial charge on any atom is -0.340 e. The van der Waals surface area contributed by atoms with Gasteiger partial charge in [0.2, 0.25) is 17.7 Å². The summed E-state index contributed by atoms with van der Waals surface area (Å²) in [7, 11) is 0. The lowest BCUT2D eigenvalue weighted by molar-refractivity contribution is -0.138.